The largest absolute Gasteiger partial charge is 0.508 e. The molecule has 0 bridgehead atoms. The number of aryl methyl sites for hydroxylation is 1. The molecule has 1 aliphatic rings. The van der Waals surface area contributed by atoms with Gasteiger partial charge in [0.2, 0.25) is 0 Å². The predicted molar refractivity (Wildman–Crippen MR) is 93.6 cm³/mol. The Morgan fingerprint density at radius 2 is 1.96 bits per heavy atom. The van der Waals surface area contributed by atoms with Gasteiger partial charge >= 0.3 is 0 Å². The van der Waals surface area contributed by atoms with E-state index in [0.29, 0.717) is 11.3 Å². The molecule has 0 fully saturated rings. The number of sulfone groups is 1. The van der Waals surface area contributed by atoms with Gasteiger partial charge in [0.25, 0.3) is 0 Å². The lowest BCUT2D eigenvalue weighted by molar-refractivity contribution is 0.471. The molecular formula is C18H16N2O3S. The highest BCUT2D eigenvalue weighted by Gasteiger charge is 2.28. The van der Waals surface area contributed by atoms with E-state index in [1.165, 1.54) is 0 Å². The number of aromatic hydroxyl groups is 1. The molecule has 2 heterocycles. The molecule has 0 unspecified atom stereocenters. The first-order valence-corrected chi connectivity index (χ1v) is 9.31. The summed E-state index contributed by atoms with van der Waals surface area (Å²) >= 11 is 0. The van der Waals surface area contributed by atoms with Crippen LogP contribution in [0.15, 0.2) is 47.5 Å². The summed E-state index contributed by atoms with van der Waals surface area (Å²) in [5.74, 6) is 0.354. The van der Waals surface area contributed by atoms with Crippen LogP contribution in [0.25, 0.3) is 10.9 Å². The lowest BCUT2D eigenvalue weighted by atomic mass is 10.0. The molecule has 0 radical (unpaired) electrons. The van der Waals surface area contributed by atoms with E-state index in [2.05, 4.69) is 10.3 Å². The average molecular weight is 340 g/mol. The van der Waals surface area contributed by atoms with Gasteiger partial charge in [-0.3, -0.25) is 4.98 Å². The molecule has 0 atom stereocenters. The minimum Gasteiger partial charge on any atom is -0.508 e. The Balaban J connectivity index is 1.94. The van der Waals surface area contributed by atoms with Crippen LogP contribution in [0.3, 0.4) is 0 Å². The number of phenols is 1. The zero-order valence-corrected chi connectivity index (χ0v) is 13.9. The Morgan fingerprint density at radius 1 is 1.12 bits per heavy atom. The van der Waals surface area contributed by atoms with Crippen LogP contribution in [-0.2, 0) is 16.3 Å². The number of hydrogen-bond acceptors (Lipinski definition) is 5. The van der Waals surface area contributed by atoms with Crippen molar-refractivity contribution in [2.24, 2.45) is 0 Å². The van der Waals surface area contributed by atoms with Crippen molar-refractivity contribution in [1.29, 1.82) is 0 Å². The van der Waals surface area contributed by atoms with Crippen molar-refractivity contribution in [3.63, 3.8) is 0 Å². The minimum absolute atomic E-state index is 0.140. The van der Waals surface area contributed by atoms with Crippen LogP contribution >= 0.6 is 0 Å². The van der Waals surface area contributed by atoms with Crippen LogP contribution in [0.2, 0.25) is 0 Å². The fourth-order valence-electron chi connectivity index (χ4n) is 3.19. The summed E-state index contributed by atoms with van der Waals surface area (Å²) in [6.07, 6.45) is 2.19. The molecule has 4 rings (SSSR count). The summed E-state index contributed by atoms with van der Waals surface area (Å²) in [5, 5.41) is 14.0. The molecular weight excluding hydrogens is 324 g/mol. The maximum absolute atomic E-state index is 12.2. The number of anilines is 2. The fraction of sp³-hybridized carbons (Fsp3) is 0.167. The number of hydrogen-bond donors (Lipinski definition) is 2. The average Bonchev–Trinajstić information content (AvgIpc) is 2.87. The number of nitrogens with one attached hydrogen (secondary N) is 1. The fourth-order valence-corrected chi connectivity index (χ4v) is 4.74. The van der Waals surface area contributed by atoms with Crippen molar-refractivity contribution >= 4 is 32.1 Å². The molecule has 1 aromatic heterocycles. The van der Waals surface area contributed by atoms with Gasteiger partial charge in [-0.1, -0.05) is 6.07 Å². The van der Waals surface area contributed by atoms with Gasteiger partial charge in [-0.2, -0.15) is 0 Å². The Kier molecular flexibility index (Phi) is 3.25. The molecule has 1 aliphatic heterocycles. The van der Waals surface area contributed by atoms with Gasteiger partial charge in [-0.15, -0.1) is 0 Å². The number of benzene rings is 2. The predicted octanol–water partition coefficient (Wildman–Crippen LogP) is 3.32. The monoisotopic (exact) mass is 340 g/mol. The van der Waals surface area contributed by atoms with Crippen molar-refractivity contribution in [2.45, 2.75) is 18.2 Å². The number of nitrogens with zero attached hydrogens (tertiary/aromatic N) is 1. The quantitative estimate of drug-likeness (QED) is 0.748. The molecule has 0 amide bonds. The van der Waals surface area contributed by atoms with Gasteiger partial charge < -0.3 is 10.4 Å². The number of pyridine rings is 1. The number of fused-ring (bicyclic) bond motifs is 3. The molecule has 122 valence electrons. The Bertz CT molecular complexity index is 1080. The zero-order chi connectivity index (χ0) is 16.9. The van der Waals surface area contributed by atoms with Crippen LogP contribution in [-0.4, -0.2) is 24.3 Å². The van der Waals surface area contributed by atoms with E-state index in [-0.39, 0.29) is 11.5 Å². The maximum atomic E-state index is 12.2. The molecule has 5 nitrogen and oxygen atoms in total. The van der Waals surface area contributed by atoms with E-state index in [4.69, 9.17) is 0 Å². The van der Waals surface area contributed by atoms with E-state index < -0.39 is 9.84 Å². The van der Waals surface area contributed by atoms with E-state index in [1.807, 2.05) is 19.1 Å². The van der Waals surface area contributed by atoms with Crippen LogP contribution in [0.1, 0.15) is 11.1 Å². The molecule has 2 N–H and O–H groups in total. The second kappa shape index (κ2) is 5.21. The van der Waals surface area contributed by atoms with Gasteiger partial charge in [0.1, 0.15) is 5.75 Å². The molecule has 6 heteroatoms. The summed E-state index contributed by atoms with van der Waals surface area (Å²) in [5.41, 5.74) is 3.89. The summed E-state index contributed by atoms with van der Waals surface area (Å²) in [7, 11) is -3.20. The van der Waals surface area contributed by atoms with Crippen molar-refractivity contribution in [3.05, 3.63) is 53.7 Å². The first-order valence-electron chi connectivity index (χ1n) is 7.66. The molecule has 0 spiro atoms. The summed E-state index contributed by atoms with van der Waals surface area (Å²) in [4.78, 5) is 4.77. The molecule has 0 saturated heterocycles. The van der Waals surface area contributed by atoms with Gasteiger partial charge in [0.05, 0.1) is 16.2 Å². The first kappa shape index (κ1) is 15.0. The van der Waals surface area contributed by atoms with Gasteiger partial charge in [-0.05, 0) is 49.2 Å². The van der Waals surface area contributed by atoms with Crippen LogP contribution in [0.4, 0.5) is 11.4 Å². The second-order valence-corrected chi connectivity index (χ2v) is 8.02. The van der Waals surface area contributed by atoms with Gasteiger partial charge in [-0.25, -0.2) is 8.42 Å². The zero-order valence-electron chi connectivity index (χ0n) is 13.1. The van der Waals surface area contributed by atoms with Crippen molar-refractivity contribution in [1.82, 2.24) is 4.98 Å². The normalized spacial score (nSPS) is 15.4. The molecule has 2 aromatic carbocycles. The lowest BCUT2D eigenvalue weighted by Crippen LogP contribution is -1.99. The maximum Gasteiger partial charge on any atom is 0.179 e. The van der Waals surface area contributed by atoms with Crippen LogP contribution in [0, 0.1) is 6.92 Å². The SMILES string of the molecule is Cc1c(O)cccc1Nc1ccnc2ccc3c(c12)CCS3(=O)=O. The van der Waals surface area contributed by atoms with Gasteiger partial charge in [0.15, 0.2) is 9.84 Å². The standard InChI is InChI=1S/C18H16N2O3S/c1-11-13(3-2-4-16(11)21)20-15-7-9-19-14-5-6-17-12(18(14)15)8-10-24(17,22)23/h2-7,9,21H,8,10H2,1H3,(H,19,20). The molecule has 0 saturated carbocycles. The lowest BCUT2D eigenvalue weighted by Gasteiger charge is -2.14. The minimum atomic E-state index is -3.20. The highest BCUT2D eigenvalue weighted by atomic mass is 32.2. The van der Waals surface area contributed by atoms with E-state index in [0.717, 1.165) is 33.4 Å². The van der Waals surface area contributed by atoms with Crippen LogP contribution < -0.4 is 5.32 Å². The number of rotatable bonds is 2. The molecule has 0 aliphatic carbocycles. The number of phenolic OH excluding ortho intramolecular Hbond substituents is 1. The highest BCUT2D eigenvalue weighted by Crippen LogP contribution is 2.37. The third-order valence-electron chi connectivity index (χ3n) is 4.50. The smallest absolute Gasteiger partial charge is 0.179 e. The Labute approximate surface area is 139 Å². The first-order chi connectivity index (χ1) is 11.5. The second-order valence-electron chi connectivity index (χ2n) is 5.94. The highest BCUT2D eigenvalue weighted by molar-refractivity contribution is 7.91. The van der Waals surface area contributed by atoms with Gasteiger partial charge in [0, 0.05) is 28.5 Å². The summed E-state index contributed by atoms with van der Waals surface area (Å²) in [6, 6.07) is 10.5. The Morgan fingerprint density at radius 3 is 2.79 bits per heavy atom. The topological polar surface area (TPSA) is 79.3 Å². The third kappa shape index (κ3) is 2.22. The number of aromatic nitrogens is 1. The van der Waals surface area contributed by atoms with Crippen molar-refractivity contribution < 1.29 is 13.5 Å². The summed E-state index contributed by atoms with van der Waals surface area (Å²) in [6.45, 7) is 1.83. The molecule has 24 heavy (non-hydrogen) atoms. The Hall–Kier alpha value is -2.60. The third-order valence-corrected chi connectivity index (χ3v) is 6.30. The van der Waals surface area contributed by atoms with Crippen molar-refractivity contribution in [3.8, 4) is 5.75 Å². The van der Waals surface area contributed by atoms with Crippen LogP contribution in [0.5, 0.6) is 5.75 Å². The van der Waals surface area contributed by atoms with E-state index >= 15 is 0 Å². The van der Waals surface area contributed by atoms with E-state index in [9.17, 15) is 13.5 Å². The van der Waals surface area contributed by atoms with Crippen molar-refractivity contribution in [2.75, 3.05) is 11.1 Å². The summed E-state index contributed by atoms with van der Waals surface area (Å²) < 4.78 is 24.4. The molecule has 3 aromatic rings. The van der Waals surface area contributed by atoms with E-state index in [1.54, 1.807) is 30.5 Å².